The van der Waals surface area contributed by atoms with Gasteiger partial charge in [-0.1, -0.05) is 37.6 Å². The van der Waals surface area contributed by atoms with Crippen LogP contribution in [0.25, 0.3) is 0 Å². The van der Waals surface area contributed by atoms with Gasteiger partial charge in [0.15, 0.2) is 6.61 Å². The molecule has 31 heavy (non-hydrogen) atoms. The van der Waals surface area contributed by atoms with Gasteiger partial charge < -0.3 is 10.1 Å². The molecule has 7 nitrogen and oxygen atoms in total. The molecule has 0 unspecified atom stereocenters. The van der Waals surface area contributed by atoms with Crippen molar-refractivity contribution in [3.05, 3.63) is 65.2 Å². The van der Waals surface area contributed by atoms with Crippen LogP contribution in [0, 0.1) is 0 Å². The van der Waals surface area contributed by atoms with Crippen LogP contribution in [0.15, 0.2) is 48.5 Å². The molecule has 1 N–H and O–H groups in total. The molecule has 0 bridgehead atoms. The first-order valence-electron chi connectivity index (χ1n) is 10.5. The van der Waals surface area contributed by atoms with Crippen molar-refractivity contribution in [1.29, 1.82) is 0 Å². The predicted octanol–water partition coefficient (Wildman–Crippen LogP) is 3.59. The Labute approximate surface area is 181 Å². The van der Waals surface area contributed by atoms with Gasteiger partial charge in [-0.25, -0.2) is 0 Å². The third kappa shape index (κ3) is 5.78. The Kier molecular flexibility index (Phi) is 7.54. The number of anilines is 1. The van der Waals surface area contributed by atoms with Crippen LogP contribution in [0.1, 0.15) is 58.9 Å². The van der Waals surface area contributed by atoms with E-state index in [2.05, 4.69) is 12.2 Å². The van der Waals surface area contributed by atoms with Crippen LogP contribution in [0.4, 0.5) is 5.69 Å². The van der Waals surface area contributed by atoms with Crippen molar-refractivity contribution in [2.75, 3.05) is 18.5 Å². The summed E-state index contributed by atoms with van der Waals surface area (Å²) in [4.78, 5) is 49.5. The largest absolute Gasteiger partial charge is 0.456 e. The Morgan fingerprint density at radius 1 is 0.903 bits per heavy atom. The normalized spacial score (nSPS) is 12.6. The van der Waals surface area contributed by atoms with Gasteiger partial charge >= 0.3 is 5.97 Å². The Morgan fingerprint density at radius 2 is 1.55 bits per heavy atom. The van der Waals surface area contributed by atoms with Gasteiger partial charge in [-0.3, -0.25) is 24.1 Å². The van der Waals surface area contributed by atoms with Gasteiger partial charge in [-0.2, -0.15) is 0 Å². The SMILES string of the molecule is CCc1ccc(NC(=O)COC(=O)CCCCCN2C(=O)c3ccccc3C2=O)cc1. The quantitative estimate of drug-likeness (QED) is 0.359. The summed E-state index contributed by atoms with van der Waals surface area (Å²) in [6, 6.07) is 14.3. The molecule has 1 aliphatic heterocycles. The van der Waals surface area contributed by atoms with E-state index in [1.807, 2.05) is 24.3 Å². The van der Waals surface area contributed by atoms with Crippen LogP contribution in [-0.4, -0.2) is 41.7 Å². The second kappa shape index (κ2) is 10.5. The highest BCUT2D eigenvalue weighted by Crippen LogP contribution is 2.22. The summed E-state index contributed by atoms with van der Waals surface area (Å²) in [5, 5.41) is 2.69. The zero-order valence-corrected chi connectivity index (χ0v) is 17.6. The Balaban J connectivity index is 1.30. The lowest BCUT2D eigenvalue weighted by molar-refractivity contribution is -0.147. The van der Waals surface area contributed by atoms with E-state index in [0.29, 0.717) is 42.6 Å². The zero-order chi connectivity index (χ0) is 22.2. The van der Waals surface area contributed by atoms with Crippen molar-refractivity contribution >= 4 is 29.4 Å². The maximum absolute atomic E-state index is 12.3. The first-order valence-corrected chi connectivity index (χ1v) is 10.5. The zero-order valence-electron chi connectivity index (χ0n) is 17.6. The van der Waals surface area contributed by atoms with E-state index in [4.69, 9.17) is 4.74 Å². The van der Waals surface area contributed by atoms with Gasteiger partial charge in [0.1, 0.15) is 0 Å². The Bertz CT molecular complexity index is 933. The molecular formula is C24H26N2O5. The predicted molar refractivity (Wildman–Crippen MR) is 116 cm³/mol. The summed E-state index contributed by atoms with van der Waals surface area (Å²) in [7, 11) is 0. The average molecular weight is 422 g/mol. The maximum atomic E-state index is 12.3. The van der Waals surface area contributed by atoms with Crippen LogP contribution in [0.3, 0.4) is 0 Å². The van der Waals surface area contributed by atoms with Crippen molar-refractivity contribution in [3.63, 3.8) is 0 Å². The molecule has 0 aliphatic carbocycles. The highest BCUT2D eigenvalue weighted by atomic mass is 16.5. The monoisotopic (exact) mass is 422 g/mol. The number of benzene rings is 2. The molecule has 0 saturated heterocycles. The lowest BCUT2D eigenvalue weighted by Gasteiger charge is -2.13. The highest BCUT2D eigenvalue weighted by Gasteiger charge is 2.34. The van der Waals surface area contributed by atoms with Gasteiger partial charge in [0.25, 0.3) is 17.7 Å². The standard InChI is InChI=1S/C24H26N2O5/c1-2-17-11-13-18(14-12-17)25-21(27)16-31-22(28)10-4-3-7-15-26-23(29)19-8-5-6-9-20(19)24(26)30/h5-6,8-9,11-14H,2-4,7,10,15-16H2,1H3,(H,25,27). The molecule has 0 aromatic heterocycles. The second-order valence-corrected chi connectivity index (χ2v) is 7.38. The molecule has 162 valence electrons. The molecule has 3 rings (SSSR count). The van der Waals surface area contributed by atoms with Crippen molar-refractivity contribution in [1.82, 2.24) is 4.90 Å². The van der Waals surface area contributed by atoms with E-state index in [0.717, 1.165) is 6.42 Å². The van der Waals surface area contributed by atoms with Gasteiger partial charge in [0, 0.05) is 18.7 Å². The second-order valence-electron chi connectivity index (χ2n) is 7.38. The minimum Gasteiger partial charge on any atom is -0.456 e. The van der Waals surface area contributed by atoms with Gasteiger partial charge in [0.05, 0.1) is 11.1 Å². The van der Waals surface area contributed by atoms with E-state index in [9.17, 15) is 19.2 Å². The Morgan fingerprint density at radius 3 is 2.16 bits per heavy atom. The third-order valence-electron chi connectivity index (χ3n) is 5.15. The van der Waals surface area contributed by atoms with E-state index < -0.39 is 5.97 Å². The van der Waals surface area contributed by atoms with E-state index in [-0.39, 0.29) is 30.7 Å². The number of fused-ring (bicyclic) bond motifs is 1. The van der Waals surface area contributed by atoms with E-state index >= 15 is 0 Å². The number of esters is 1. The van der Waals surface area contributed by atoms with Crippen molar-refractivity contribution < 1.29 is 23.9 Å². The summed E-state index contributed by atoms with van der Waals surface area (Å²) in [6.07, 6.45) is 2.93. The fourth-order valence-corrected chi connectivity index (χ4v) is 3.40. The molecule has 0 spiro atoms. The van der Waals surface area contributed by atoms with Crippen molar-refractivity contribution in [3.8, 4) is 0 Å². The number of imide groups is 1. The van der Waals surface area contributed by atoms with Crippen LogP contribution in [-0.2, 0) is 20.7 Å². The fourth-order valence-electron chi connectivity index (χ4n) is 3.40. The number of carbonyl (C=O) groups excluding carboxylic acids is 4. The number of carbonyl (C=O) groups is 4. The number of rotatable bonds is 10. The summed E-state index contributed by atoms with van der Waals surface area (Å²) in [5.41, 5.74) is 2.71. The molecule has 0 atom stereocenters. The van der Waals surface area contributed by atoms with E-state index in [1.54, 1.807) is 24.3 Å². The number of nitrogens with one attached hydrogen (secondary N) is 1. The van der Waals surface area contributed by atoms with Crippen LogP contribution in [0.5, 0.6) is 0 Å². The number of hydrogen-bond donors (Lipinski definition) is 1. The molecule has 1 heterocycles. The summed E-state index contributed by atoms with van der Waals surface area (Å²) in [5.74, 6) is -1.37. The number of nitrogens with zero attached hydrogens (tertiary/aromatic N) is 1. The van der Waals surface area contributed by atoms with Gasteiger partial charge in [-0.15, -0.1) is 0 Å². The topological polar surface area (TPSA) is 92.8 Å². The first-order chi connectivity index (χ1) is 15.0. The van der Waals surface area contributed by atoms with E-state index in [1.165, 1.54) is 10.5 Å². The van der Waals surface area contributed by atoms with Crippen LogP contribution >= 0.6 is 0 Å². The average Bonchev–Trinajstić information content (AvgIpc) is 3.03. The molecule has 7 heteroatoms. The molecule has 0 fully saturated rings. The number of ether oxygens (including phenoxy) is 1. The molecule has 2 aromatic carbocycles. The number of unbranched alkanes of at least 4 members (excludes halogenated alkanes) is 2. The molecule has 0 saturated carbocycles. The molecular weight excluding hydrogens is 396 g/mol. The molecule has 1 aliphatic rings. The number of aryl methyl sites for hydroxylation is 1. The summed E-state index contributed by atoms with van der Waals surface area (Å²) < 4.78 is 5.01. The first kappa shape index (κ1) is 22.2. The molecule has 3 amide bonds. The third-order valence-corrected chi connectivity index (χ3v) is 5.15. The van der Waals surface area contributed by atoms with Crippen molar-refractivity contribution in [2.45, 2.75) is 39.0 Å². The van der Waals surface area contributed by atoms with Crippen LogP contribution in [0.2, 0.25) is 0 Å². The minimum atomic E-state index is -0.447. The number of amides is 3. The summed E-state index contributed by atoms with van der Waals surface area (Å²) in [6.45, 7) is 2.04. The molecule has 2 aromatic rings. The summed E-state index contributed by atoms with van der Waals surface area (Å²) >= 11 is 0. The van der Waals surface area contributed by atoms with Crippen molar-refractivity contribution in [2.24, 2.45) is 0 Å². The lowest BCUT2D eigenvalue weighted by Crippen LogP contribution is -2.30. The maximum Gasteiger partial charge on any atom is 0.306 e. The number of hydrogen-bond acceptors (Lipinski definition) is 5. The van der Waals surface area contributed by atoms with Gasteiger partial charge in [-0.05, 0) is 49.1 Å². The fraction of sp³-hybridized carbons (Fsp3) is 0.333. The van der Waals surface area contributed by atoms with Crippen LogP contribution < -0.4 is 5.32 Å². The van der Waals surface area contributed by atoms with Gasteiger partial charge in [0.2, 0.25) is 0 Å². The smallest absolute Gasteiger partial charge is 0.306 e. The minimum absolute atomic E-state index is 0.181. The molecule has 0 radical (unpaired) electrons. The lowest BCUT2D eigenvalue weighted by atomic mass is 10.1. The Hall–Kier alpha value is -3.48. The highest BCUT2D eigenvalue weighted by molar-refractivity contribution is 6.21.